The highest BCUT2D eigenvalue weighted by molar-refractivity contribution is 5.98. The van der Waals surface area contributed by atoms with Crippen LogP contribution in [0, 0.1) is 17.8 Å². The number of ether oxygens (including phenoxy) is 1. The number of aliphatic hydroxyl groups is 1. The number of likely N-dealkylation sites (tertiary alicyclic amines) is 1. The number of hydrogen-bond donors (Lipinski definition) is 2. The SMILES string of the molecule is C=CCN(CCCCC)C(=O)C1N([C@@H](CO)C(C)C)C(=O)[C@@H]2[C@H](C(=O)O)[C@]3(C)CCC12O3. The van der Waals surface area contributed by atoms with Crippen molar-refractivity contribution >= 4 is 17.8 Å². The molecule has 3 heterocycles. The Morgan fingerprint density at radius 2 is 2.03 bits per heavy atom. The molecule has 0 saturated carbocycles. The van der Waals surface area contributed by atoms with Crippen LogP contribution < -0.4 is 0 Å². The van der Waals surface area contributed by atoms with Crippen molar-refractivity contribution in [3.8, 4) is 0 Å². The van der Waals surface area contributed by atoms with Gasteiger partial charge in [-0.15, -0.1) is 6.58 Å². The van der Waals surface area contributed by atoms with Crippen LogP contribution in [0.25, 0.3) is 0 Å². The number of nitrogens with zero attached hydrogens (tertiary/aromatic N) is 2. The van der Waals surface area contributed by atoms with E-state index in [-0.39, 0.29) is 24.3 Å². The van der Waals surface area contributed by atoms with Gasteiger partial charge in [0.2, 0.25) is 11.8 Å². The summed E-state index contributed by atoms with van der Waals surface area (Å²) in [5.74, 6) is -3.76. The Labute approximate surface area is 190 Å². The average molecular weight is 451 g/mol. The number of aliphatic carboxylic acids is 1. The minimum Gasteiger partial charge on any atom is -0.481 e. The predicted octanol–water partition coefficient (Wildman–Crippen LogP) is 2.06. The van der Waals surface area contributed by atoms with Crippen LogP contribution in [0.4, 0.5) is 0 Å². The van der Waals surface area contributed by atoms with E-state index in [0.29, 0.717) is 25.9 Å². The first-order chi connectivity index (χ1) is 15.1. The lowest BCUT2D eigenvalue weighted by atomic mass is 9.66. The third kappa shape index (κ3) is 3.65. The maximum absolute atomic E-state index is 14.0. The molecule has 32 heavy (non-hydrogen) atoms. The third-order valence-electron chi connectivity index (χ3n) is 7.72. The summed E-state index contributed by atoms with van der Waals surface area (Å²) in [6, 6.07) is -1.55. The Kier molecular flexibility index (Phi) is 7.05. The van der Waals surface area contributed by atoms with Crippen LogP contribution in [0.3, 0.4) is 0 Å². The molecule has 0 aromatic heterocycles. The normalized spacial score (nSPS) is 34.1. The van der Waals surface area contributed by atoms with E-state index in [0.717, 1.165) is 19.3 Å². The van der Waals surface area contributed by atoms with Gasteiger partial charge in [-0.05, 0) is 32.1 Å². The lowest BCUT2D eigenvalue weighted by Gasteiger charge is -2.40. The fourth-order valence-corrected chi connectivity index (χ4v) is 6.17. The third-order valence-corrected chi connectivity index (χ3v) is 7.72. The minimum absolute atomic E-state index is 0.113. The van der Waals surface area contributed by atoms with Crippen molar-refractivity contribution in [1.82, 2.24) is 9.80 Å². The summed E-state index contributed by atoms with van der Waals surface area (Å²) in [5.41, 5.74) is -2.16. The maximum Gasteiger partial charge on any atom is 0.310 e. The number of amides is 2. The van der Waals surface area contributed by atoms with Crippen LogP contribution in [0.5, 0.6) is 0 Å². The van der Waals surface area contributed by atoms with Crippen LogP contribution >= 0.6 is 0 Å². The fraction of sp³-hybridized carbons (Fsp3) is 0.792. The van der Waals surface area contributed by atoms with Crippen molar-refractivity contribution in [2.24, 2.45) is 17.8 Å². The van der Waals surface area contributed by atoms with Gasteiger partial charge in [-0.2, -0.15) is 0 Å². The number of rotatable bonds is 11. The van der Waals surface area contributed by atoms with E-state index in [1.54, 1.807) is 17.9 Å². The summed E-state index contributed by atoms with van der Waals surface area (Å²) in [6.45, 7) is 12.0. The van der Waals surface area contributed by atoms with Crippen molar-refractivity contribution in [3.63, 3.8) is 0 Å². The standard InChI is InChI=1S/C24H38N2O6/c1-6-8-9-13-25(12-7-2)21(29)19-24-11-10-23(5,32-24)18(22(30)31)17(24)20(28)26(19)16(14-27)15(3)4/h7,15-19,27H,2,6,8-14H2,1,3-5H3,(H,30,31)/t16-,17-,18+,19?,23-,24?/m0/s1. The molecule has 8 heteroatoms. The monoisotopic (exact) mass is 450 g/mol. The summed E-state index contributed by atoms with van der Waals surface area (Å²) in [5, 5.41) is 20.2. The summed E-state index contributed by atoms with van der Waals surface area (Å²) in [7, 11) is 0. The van der Waals surface area contributed by atoms with Crippen molar-refractivity contribution < 1.29 is 29.3 Å². The maximum atomic E-state index is 14.0. The molecule has 3 saturated heterocycles. The number of fused-ring (bicyclic) bond motifs is 1. The van der Waals surface area contributed by atoms with Gasteiger partial charge in [-0.25, -0.2) is 0 Å². The van der Waals surface area contributed by atoms with Crippen molar-refractivity contribution in [2.45, 2.75) is 83.1 Å². The molecular weight excluding hydrogens is 412 g/mol. The van der Waals surface area contributed by atoms with Gasteiger partial charge in [0.05, 0.1) is 30.1 Å². The Hall–Kier alpha value is -1.93. The lowest BCUT2D eigenvalue weighted by Crippen LogP contribution is -2.59. The van der Waals surface area contributed by atoms with Crippen molar-refractivity contribution in [2.75, 3.05) is 19.7 Å². The van der Waals surface area contributed by atoms with Crippen LogP contribution in [-0.4, -0.2) is 80.8 Å². The van der Waals surface area contributed by atoms with Gasteiger partial charge in [0.1, 0.15) is 11.6 Å². The van der Waals surface area contributed by atoms with E-state index in [2.05, 4.69) is 13.5 Å². The summed E-state index contributed by atoms with van der Waals surface area (Å²) in [4.78, 5) is 43.2. The Morgan fingerprint density at radius 3 is 2.56 bits per heavy atom. The zero-order chi connectivity index (χ0) is 23.8. The van der Waals surface area contributed by atoms with Gasteiger partial charge in [-0.3, -0.25) is 14.4 Å². The number of carboxylic acids is 1. The molecule has 1 spiro atoms. The summed E-state index contributed by atoms with van der Waals surface area (Å²) < 4.78 is 6.41. The molecule has 8 nitrogen and oxygen atoms in total. The number of carbonyl (C=O) groups excluding carboxylic acids is 2. The highest BCUT2D eigenvalue weighted by Gasteiger charge is 2.78. The van der Waals surface area contributed by atoms with Crippen LogP contribution in [-0.2, 0) is 19.1 Å². The molecule has 0 aromatic rings. The highest BCUT2D eigenvalue weighted by Crippen LogP contribution is 2.63. The largest absolute Gasteiger partial charge is 0.481 e. The van der Waals surface area contributed by atoms with E-state index in [4.69, 9.17) is 4.74 Å². The zero-order valence-electron chi connectivity index (χ0n) is 19.7. The highest BCUT2D eigenvalue weighted by atomic mass is 16.5. The van der Waals surface area contributed by atoms with E-state index >= 15 is 0 Å². The van der Waals surface area contributed by atoms with E-state index < -0.39 is 41.1 Å². The molecule has 0 radical (unpaired) electrons. The first kappa shape index (κ1) is 24.7. The quantitative estimate of drug-likeness (QED) is 0.369. The van der Waals surface area contributed by atoms with Crippen LogP contribution in [0.15, 0.2) is 12.7 Å². The molecule has 3 aliphatic rings. The number of aliphatic hydroxyl groups excluding tert-OH is 1. The van der Waals surface area contributed by atoms with E-state index in [9.17, 15) is 24.6 Å². The van der Waals surface area contributed by atoms with E-state index in [1.165, 1.54) is 4.90 Å². The number of unbranched alkanes of at least 4 members (excludes halogenated alkanes) is 2. The van der Waals surface area contributed by atoms with E-state index in [1.807, 2.05) is 13.8 Å². The molecule has 2 N–H and O–H groups in total. The molecule has 180 valence electrons. The molecule has 2 bridgehead atoms. The molecule has 3 fully saturated rings. The molecule has 0 aromatic carbocycles. The predicted molar refractivity (Wildman–Crippen MR) is 119 cm³/mol. The second kappa shape index (κ2) is 9.14. The molecule has 0 aliphatic carbocycles. The average Bonchev–Trinajstić information content (AvgIpc) is 3.29. The van der Waals surface area contributed by atoms with Gasteiger partial charge in [0, 0.05) is 13.1 Å². The second-order valence-electron chi connectivity index (χ2n) is 10.1. The molecule has 3 rings (SSSR count). The van der Waals surface area contributed by atoms with Gasteiger partial charge in [0.25, 0.3) is 0 Å². The number of carbonyl (C=O) groups is 3. The lowest BCUT2D eigenvalue weighted by molar-refractivity contribution is -0.159. The molecule has 2 unspecified atom stereocenters. The van der Waals surface area contributed by atoms with Gasteiger partial charge >= 0.3 is 5.97 Å². The van der Waals surface area contributed by atoms with Gasteiger partial charge in [-0.1, -0.05) is 39.7 Å². The van der Waals surface area contributed by atoms with Crippen LogP contribution in [0.2, 0.25) is 0 Å². The number of hydrogen-bond acceptors (Lipinski definition) is 5. The molecular formula is C24H38N2O6. The summed E-state index contributed by atoms with van der Waals surface area (Å²) in [6.07, 6.45) is 5.41. The van der Waals surface area contributed by atoms with Gasteiger partial charge in [0.15, 0.2) is 0 Å². The van der Waals surface area contributed by atoms with Crippen LogP contribution in [0.1, 0.15) is 59.8 Å². The fourth-order valence-electron chi connectivity index (χ4n) is 6.17. The number of carboxylic acid groups (broad SMARTS) is 1. The Bertz CT molecular complexity index is 770. The minimum atomic E-state index is -1.18. The summed E-state index contributed by atoms with van der Waals surface area (Å²) >= 11 is 0. The smallest absolute Gasteiger partial charge is 0.310 e. The van der Waals surface area contributed by atoms with Crippen molar-refractivity contribution in [1.29, 1.82) is 0 Å². The Morgan fingerprint density at radius 1 is 1.34 bits per heavy atom. The molecule has 3 aliphatic heterocycles. The first-order valence-electron chi connectivity index (χ1n) is 11.8. The topological polar surface area (TPSA) is 107 Å². The first-order valence-corrected chi connectivity index (χ1v) is 11.8. The Balaban J connectivity index is 2.08. The second-order valence-corrected chi connectivity index (χ2v) is 10.1. The van der Waals surface area contributed by atoms with Gasteiger partial charge < -0.3 is 24.7 Å². The molecule has 6 atom stereocenters. The van der Waals surface area contributed by atoms with Crippen molar-refractivity contribution in [3.05, 3.63) is 12.7 Å². The molecule has 2 amide bonds. The zero-order valence-corrected chi connectivity index (χ0v) is 19.7.